The second-order valence-corrected chi connectivity index (χ2v) is 8.53. The summed E-state index contributed by atoms with van der Waals surface area (Å²) in [6.45, 7) is 2.12. The molecule has 0 atom stereocenters. The van der Waals surface area contributed by atoms with Crippen LogP contribution in [-0.2, 0) is 19.1 Å². The van der Waals surface area contributed by atoms with Gasteiger partial charge in [0.15, 0.2) is 0 Å². The van der Waals surface area contributed by atoms with E-state index in [0.717, 1.165) is 17.7 Å². The van der Waals surface area contributed by atoms with Crippen molar-refractivity contribution in [1.82, 2.24) is 15.3 Å². The Morgan fingerprint density at radius 1 is 1.18 bits per heavy atom. The molecule has 2 heterocycles. The predicted octanol–water partition coefficient (Wildman–Crippen LogP) is 4.90. The minimum atomic E-state index is -4.41. The second kappa shape index (κ2) is 9.68. The van der Waals surface area contributed by atoms with Gasteiger partial charge in [0.2, 0.25) is 0 Å². The van der Waals surface area contributed by atoms with Crippen LogP contribution in [0.4, 0.5) is 18.9 Å². The average molecular weight is 487 g/mol. The van der Waals surface area contributed by atoms with Gasteiger partial charge in [-0.3, -0.25) is 9.59 Å². The van der Waals surface area contributed by atoms with Crippen molar-refractivity contribution in [2.75, 3.05) is 11.9 Å². The summed E-state index contributed by atoms with van der Waals surface area (Å²) in [4.78, 5) is 31.5. The largest absolute Gasteiger partial charge is 0.416 e. The molecular formula is C24H21F3N4O2S. The molecule has 34 heavy (non-hydrogen) atoms. The number of anilines is 1. The normalized spacial score (nSPS) is 11.5. The molecule has 0 spiro atoms. The van der Waals surface area contributed by atoms with Crippen molar-refractivity contribution in [1.29, 1.82) is 0 Å². The van der Waals surface area contributed by atoms with Crippen molar-refractivity contribution < 1.29 is 18.0 Å². The molecule has 0 aliphatic carbocycles. The van der Waals surface area contributed by atoms with Gasteiger partial charge in [0.1, 0.15) is 5.69 Å². The molecule has 2 aromatic carbocycles. The second-order valence-electron chi connectivity index (χ2n) is 7.75. The number of hydrogen-bond donors (Lipinski definition) is 3. The number of carbonyl (C=O) groups excluding carboxylic acids is 1. The molecular weight excluding hydrogens is 465 g/mol. The standard InChI is InChI=1S/C24H21F3N4O2S/c1-14-22(32)31-20-11-19(29-12-15-3-2-4-18(9-15)24(25,26)27)10-16(21(20)30-14)5-7-28-23(33)17-6-8-34-13-17/h2-4,6,8-11,13,29H,5,7,12H2,1H3,(H,28,33)(H,31,32). The highest BCUT2D eigenvalue weighted by molar-refractivity contribution is 7.08. The number of amides is 1. The number of aryl methyl sites for hydroxylation is 1. The number of carbonyl (C=O) groups is 1. The molecule has 0 aliphatic heterocycles. The number of benzene rings is 2. The molecule has 0 unspecified atom stereocenters. The topological polar surface area (TPSA) is 86.9 Å². The number of aromatic nitrogens is 2. The highest BCUT2D eigenvalue weighted by atomic mass is 32.1. The minimum absolute atomic E-state index is 0.160. The van der Waals surface area contributed by atoms with E-state index in [2.05, 4.69) is 20.6 Å². The van der Waals surface area contributed by atoms with E-state index < -0.39 is 11.7 Å². The van der Waals surface area contributed by atoms with Crippen molar-refractivity contribution in [3.63, 3.8) is 0 Å². The van der Waals surface area contributed by atoms with Gasteiger partial charge < -0.3 is 15.6 Å². The molecule has 1 amide bonds. The van der Waals surface area contributed by atoms with E-state index in [1.807, 2.05) is 11.4 Å². The highest BCUT2D eigenvalue weighted by Crippen LogP contribution is 2.30. The molecule has 0 fully saturated rings. The smallest absolute Gasteiger partial charge is 0.381 e. The molecule has 3 N–H and O–H groups in total. The number of nitrogens with zero attached hydrogens (tertiary/aromatic N) is 1. The summed E-state index contributed by atoms with van der Waals surface area (Å²) in [6, 6.07) is 10.4. The first-order chi connectivity index (χ1) is 16.2. The summed E-state index contributed by atoms with van der Waals surface area (Å²) in [5.74, 6) is -0.179. The van der Waals surface area contributed by atoms with Gasteiger partial charge >= 0.3 is 6.18 Å². The van der Waals surface area contributed by atoms with Crippen LogP contribution in [0.15, 0.2) is 58.0 Å². The lowest BCUT2D eigenvalue weighted by atomic mass is 10.1. The Labute approximate surface area is 196 Å². The van der Waals surface area contributed by atoms with E-state index in [9.17, 15) is 22.8 Å². The maximum absolute atomic E-state index is 13.0. The number of halogens is 3. The first-order valence-corrected chi connectivity index (χ1v) is 11.4. The van der Waals surface area contributed by atoms with E-state index in [1.165, 1.54) is 17.4 Å². The zero-order valence-corrected chi connectivity index (χ0v) is 18.9. The third kappa shape index (κ3) is 5.45. The Balaban J connectivity index is 1.56. The summed E-state index contributed by atoms with van der Waals surface area (Å²) in [7, 11) is 0. The van der Waals surface area contributed by atoms with Crippen molar-refractivity contribution in [3.8, 4) is 0 Å². The summed E-state index contributed by atoms with van der Waals surface area (Å²) in [5.41, 5.74) is 2.85. The van der Waals surface area contributed by atoms with Crippen molar-refractivity contribution >= 4 is 34.0 Å². The van der Waals surface area contributed by atoms with Gasteiger partial charge in [-0.15, -0.1) is 0 Å². The van der Waals surface area contributed by atoms with Crippen LogP contribution in [0.3, 0.4) is 0 Å². The van der Waals surface area contributed by atoms with Crippen LogP contribution in [0.5, 0.6) is 0 Å². The van der Waals surface area contributed by atoms with Gasteiger partial charge in [-0.25, -0.2) is 4.98 Å². The van der Waals surface area contributed by atoms with Crippen LogP contribution in [0.1, 0.15) is 32.7 Å². The molecule has 0 aliphatic rings. The molecule has 176 valence electrons. The third-order valence-electron chi connectivity index (χ3n) is 5.26. The third-order valence-corrected chi connectivity index (χ3v) is 5.94. The number of fused-ring (bicyclic) bond motifs is 1. The number of nitrogens with one attached hydrogen (secondary N) is 3. The van der Waals surface area contributed by atoms with E-state index in [-0.39, 0.29) is 18.0 Å². The lowest BCUT2D eigenvalue weighted by molar-refractivity contribution is -0.137. The van der Waals surface area contributed by atoms with Gasteiger partial charge in [-0.1, -0.05) is 12.1 Å². The Kier molecular flexibility index (Phi) is 6.69. The van der Waals surface area contributed by atoms with Gasteiger partial charge in [0.05, 0.1) is 16.6 Å². The Morgan fingerprint density at radius 3 is 2.74 bits per heavy atom. The van der Waals surface area contributed by atoms with Crippen molar-refractivity contribution in [2.45, 2.75) is 26.1 Å². The molecule has 0 bridgehead atoms. The monoisotopic (exact) mass is 486 g/mol. The fraction of sp³-hybridized carbons (Fsp3) is 0.208. The van der Waals surface area contributed by atoms with Gasteiger partial charge in [-0.2, -0.15) is 24.5 Å². The highest BCUT2D eigenvalue weighted by Gasteiger charge is 2.30. The van der Waals surface area contributed by atoms with Gasteiger partial charge in [-0.05, 0) is 60.2 Å². The lowest BCUT2D eigenvalue weighted by Gasteiger charge is -2.13. The van der Waals surface area contributed by atoms with Gasteiger partial charge in [0, 0.05) is 29.7 Å². The van der Waals surface area contributed by atoms with Crippen LogP contribution < -0.4 is 16.2 Å². The first-order valence-electron chi connectivity index (χ1n) is 10.4. The molecule has 0 radical (unpaired) electrons. The maximum atomic E-state index is 13.0. The summed E-state index contributed by atoms with van der Waals surface area (Å²) < 4.78 is 39.0. The number of rotatable bonds is 7. The van der Waals surface area contributed by atoms with Gasteiger partial charge in [0.25, 0.3) is 11.5 Å². The average Bonchev–Trinajstić information content (AvgIpc) is 3.33. The SMILES string of the molecule is Cc1nc2c(CCNC(=O)c3ccsc3)cc(NCc3cccc(C(F)(F)F)c3)cc2[nH]c1=O. The Hall–Kier alpha value is -3.66. The quantitative estimate of drug-likeness (QED) is 0.347. The van der Waals surface area contributed by atoms with Crippen LogP contribution in [-0.4, -0.2) is 22.4 Å². The van der Waals surface area contributed by atoms with E-state index in [4.69, 9.17) is 0 Å². The zero-order valence-electron chi connectivity index (χ0n) is 18.1. The number of hydrogen-bond acceptors (Lipinski definition) is 5. The fourth-order valence-electron chi connectivity index (χ4n) is 3.51. The van der Waals surface area contributed by atoms with Crippen LogP contribution in [0.25, 0.3) is 11.0 Å². The number of H-pyrrole nitrogens is 1. The first kappa shape index (κ1) is 23.5. The van der Waals surface area contributed by atoms with Crippen molar-refractivity contribution in [3.05, 3.63) is 91.5 Å². The number of alkyl halides is 3. The maximum Gasteiger partial charge on any atom is 0.416 e. The predicted molar refractivity (Wildman–Crippen MR) is 126 cm³/mol. The number of thiophene rings is 1. The summed E-state index contributed by atoms with van der Waals surface area (Å²) in [6.07, 6.45) is -3.97. The van der Waals surface area contributed by atoms with E-state index in [0.29, 0.717) is 46.5 Å². The number of aromatic amines is 1. The fourth-order valence-corrected chi connectivity index (χ4v) is 4.15. The Morgan fingerprint density at radius 2 is 2.00 bits per heavy atom. The molecule has 2 aromatic heterocycles. The van der Waals surface area contributed by atoms with Crippen LogP contribution in [0, 0.1) is 6.92 Å². The molecule has 6 nitrogen and oxygen atoms in total. The molecule has 4 rings (SSSR count). The molecule has 0 saturated heterocycles. The Bertz CT molecular complexity index is 1380. The molecule has 10 heteroatoms. The zero-order chi connectivity index (χ0) is 24.3. The molecule has 4 aromatic rings. The lowest BCUT2D eigenvalue weighted by Crippen LogP contribution is -2.25. The summed E-state index contributed by atoms with van der Waals surface area (Å²) in [5, 5.41) is 9.57. The summed E-state index contributed by atoms with van der Waals surface area (Å²) >= 11 is 1.44. The van der Waals surface area contributed by atoms with E-state index >= 15 is 0 Å². The minimum Gasteiger partial charge on any atom is -0.381 e. The molecule has 0 saturated carbocycles. The van der Waals surface area contributed by atoms with E-state index in [1.54, 1.807) is 30.5 Å². The van der Waals surface area contributed by atoms with Crippen LogP contribution in [0.2, 0.25) is 0 Å². The van der Waals surface area contributed by atoms with Crippen molar-refractivity contribution in [2.24, 2.45) is 0 Å². The van der Waals surface area contributed by atoms with Crippen LogP contribution >= 0.6 is 11.3 Å².